The van der Waals surface area contributed by atoms with Gasteiger partial charge in [-0.2, -0.15) is 13.2 Å². The summed E-state index contributed by atoms with van der Waals surface area (Å²) in [4.78, 5) is 10.1. The molecule has 0 aromatic carbocycles. The quantitative estimate of drug-likeness (QED) is 0.644. The predicted octanol–water partition coefficient (Wildman–Crippen LogP) is 0.741. The summed E-state index contributed by atoms with van der Waals surface area (Å²) in [5, 5.41) is 8.12. The third-order valence-corrected chi connectivity index (χ3v) is 1.45. The van der Waals surface area contributed by atoms with Crippen molar-refractivity contribution in [2.45, 2.75) is 25.1 Å². The predicted molar refractivity (Wildman–Crippen MR) is 30.9 cm³/mol. The van der Waals surface area contributed by atoms with E-state index in [1.54, 1.807) is 0 Å². The lowest BCUT2D eigenvalue weighted by Crippen LogP contribution is -2.59. The lowest BCUT2D eigenvalue weighted by atomic mass is 9.97. The van der Waals surface area contributed by atoms with Gasteiger partial charge in [-0.05, 0) is 6.42 Å². The highest BCUT2D eigenvalue weighted by Crippen LogP contribution is 2.30. The van der Waals surface area contributed by atoms with Crippen LogP contribution in [0.3, 0.4) is 0 Å². The van der Waals surface area contributed by atoms with Crippen molar-refractivity contribution < 1.29 is 23.1 Å². The van der Waals surface area contributed by atoms with E-state index in [4.69, 9.17) is 5.11 Å². The van der Waals surface area contributed by atoms with Gasteiger partial charge in [0.25, 0.3) is 0 Å². The first kappa shape index (κ1) is 10.2. The van der Waals surface area contributed by atoms with Crippen molar-refractivity contribution in [2.75, 3.05) is 0 Å². The molecule has 0 rings (SSSR count). The van der Waals surface area contributed by atoms with E-state index >= 15 is 0 Å². The maximum Gasteiger partial charge on any atom is 0.417 e. The Morgan fingerprint density at radius 1 is 1.55 bits per heavy atom. The van der Waals surface area contributed by atoms with Gasteiger partial charge < -0.3 is 10.8 Å². The molecule has 0 aliphatic heterocycles. The third-order valence-electron chi connectivity index (χ3n) is 1.45. The molecule has 0 spiro atoms. The van der Waals surface area contributed by atoms with Gasteiger partial charge in [0.2, 0.25) is 5.54 Å². The van der Waals surface area contributed by atoms with Gasteiger partial charge in [-0.3, -0.25) is 0 Å². The topological polar surface area (TPSA) is 63.3 Å². The Kier molecular flexibility index (Phi) is 2.50. The summed E-state index contributed by atoms with van der Waals surface area (Å²) in [6.07, 6.45) is -5.57. The third kappa shape index (κ3) is 1.62. The molecule has 0 saturated carbocycles. The van der Waals surface area contributed by atoms with Crippen LogP contribution in [0.5, 0.6) is 0 Å². The van der Waals surface area contributed by atoms with Gasteiger partial charge in [0.1, 0.15) is 0 Å². The molecule has 0 aliphatic carbocycles. The number of rotatable bonds is 2. The molecule has 0 aliphatic rings. The van der Waals surface area contributed by atoms with Gasteiger partial charge in [-0.1, -0.05) is 6.92 Å². The van der Waals surface area contributed by atoms with E-state index in [-0.39, 0.29) is 0 Å². The average Bonchev–Trinajstić information content (AvgIpc) is 1.83. The molecule has 3 nitrogen and oxygen atoms in total. The van der Waals surface area contributed by atoms with Crippen LogP contribution < -0.4 is 5.73 Å². The molecule has 11 heavy (non-hydrogen) atoms. The lowest BCUT2D eigenvalue weighted by Gasteiger charge is -2.25. The molecule has 6 heteroatoms. The first-order valence-corrected chi connectivity index (χ1v) is 2.84. The number of nitrogens with two attached hydrogens (primary N) is 1. The number of aliphatic carboxylic acids is 1. The summed E-state index contributed by atoms with van der Waals surface area (Å²) in [7, 11) is 0. The van der Waals surface area contributed by atoms with E-state index in [0.717, 1.165) is 6.92 Å². The van der Waals surface area contributed by atoms with Gasteiger partial charge in [0, 0.05) is 0 Å². The standard InChI is InChI=1S/C5H8F3NO2/c1-2-4(9,3(10)11)5(6,7)8/h2,9H2,1H3,(H,10,11)/t4-/m1/s1. The highest BCUT2D eigenvalue weighted by Gasteiger charge is 2.56. The number of alkyl halides is 3. The molecule has 0 amide bonds. The summed E-state index contributed by atoms with van der Waals surface area (Å²) in [6, 6.07) is 0. The monoisotopic (exact) mass is 171 g/mol. The highest BCUT2D eigenvalue weighted by atomic mass is 19.4. The molecule has 0 bridgehead atoms. The fourth-order valence-electron chi connectivity index (χ4n) is 0.473. The van der Waals surface area contributed by atoms with Gasteiger partial charge in [0.05, 0.1) is 0 Å². The fourth-order valence-corrected chi connectivity index (χ4v) is 0.473. The van der Waals surface area contributed by atoms with Crippen molar-refractivity contribution in [3.63, 3.8) is 0 Å². The number of carboxylic acids is 1. The molecule has 0 heterocycles. The lowest BCUT2D eigenvalue weighted by molar-refractivity contribution is -0.202. The van der Waals surface area contributed by atoms with E-state index in [0.29, 0.717) is 0 Å². The maximum absolute atomic E-state index is 11.8. The zero-order chi connectivity index (χ0) is 9.28. The molecular formula is C5H8F3NO2. The minimum Gasteiger partial charge on any atom is -0.480 e. The molecule has 0 fully saturated rings. The van der Waals surface area contributed by atoms with Gasteiger partial charge in [0.15, 0.2) is 0 Å². The Morgan fingerprint density at radius 3 is 1.91 bits per heavy atom. The second-order valence-corrected chi connectivity index (χ2v) is 2.13. The molecule has 3 N–H and O–H groups in total. The van der Waals surface area contributed by atoms with Crippen LogP contribution in [0, 0.1) is 0 Å². The van der Waals surface area contributed by atoms with Crippen LogP contribution >= 0.6 is 0 Å². The molecular weight excluding hydrogens is 163 g/mol. The largest absolute Gasteiger partial charge is 0.480 e. The summed E-state index contributed by atoms with van der Waals surface area (Å²) in [6.45, 7) is 1.07. The summed E-state index contributed by atoms with van der Waals surface area (Å²) >= 11 is 0. The number of carboxylic acid groups (broad SMARTS) is 1. The van der Waals surface area contributed by atoms with Gasteiger partial charge >= 0.3 is 12.1 Å². The molecule has 0 unspecified atom stereocenters. The van der Waals surface area contributed by atoms with E-state index in [9.17, 15) is 18.0 Å². The fraction of sp³-hybridized carbons (Fsp3) is 0.800. The second kappa shape index (κ2) is 2.69. The van der Waals surface area contributed by atoms with Crippen LogP contribution in [0.4, 0.5) is 13.2 Å². The molecule has 0 aromatic rings. The van der Waals surface area contributed by atoms with E-state index < -0.39 is 24.1 Å². The first-order valence-electron chi connectivity index (χ1n) is 2.84. The van der Waals surface area contributed by atoms with Crippen LogP contribution in [0.15, 0.2) is 0 Å². The van der Waals surface area contributed by atoms with E-state index in [1.807, 2.05) is 0 Å². The SMILES string of the molecule is CC[C@@](N)(C(=O)O)C(F)(F)F. The minimum atomic E-state index is -4.90. The molecule has 1 atom stereocenters. The van der Waals surface area contributed by atoms with Crippen LogP contribution in [0.2, 0.25) is 0 Å². The number of hydrogen-bond donors (Lipinski definition) is 2. The maximum atomic E-state index is 11.8. The number of hydrogen-bond acceptors (Lipinski definition) is 2. The van der Waals surface area contributed by atoms with Gasteiger partial charge in [-0.25, -0.2) is 4.79 Å². The van der Waals surface area contributed by atoms with Crippen LogP contribution in [0.1, 0.15) is 13.3 Å². The molecule has 66 valence electrons. The molecule has 0 radical (unpaired) electrons. The Labute approximate surface area is 61.0 Å². The molecule has 0 aromatic heterocycles. The van der Waals surface area contributed by atoms with Crippen molar-refractivity contribution in [3.8, 4) is 0 Å². The van der Waals surface area contributed by atoms with Crippen molar-refractivity contribution in [1.29, 1.82) is 0 Å². The average molecular weight is 171 g/mol. The van der Waals surface area contributed by atoms with Crippen molar-refractivity contribution in [1.82, 2.24) is 0 Å². The summed E-state index contributed by atoms with van der Waals surface area (Å²) in [5.74, 6) is -2.05. The van der Waals surface area contributed by atoms with Crippen molar-refractivity contribution in [3.05, 3.63) is 0 Å². The Bertz CT molecular complexity index is 168. The van der Waals surface area contributed by atoms with Crippen molar-refractivity contribution >= 4 is 5.97 Å². The Morgan fingerprint density at radius 2 is 1.91 bits per heavy atom. The second-order valence-electron chi connectivity index (χ2n) is 2.13. The zero-order valence-electron chi connectivity index (χ0n) is 5.77. The smallest absolute Gasteiger partial charge is 0.417 e. The normalized spacial score (nSPS) is 17.5. The first-order chi connectivity index (χ1) is 4.75. The van der Waals surface area contributed by atoms with Crippen LogP contribution in [0.25, 0.3) is 0 Å². The van der Waals surface area contributed by atoms with E-state index in [2.05, 4.69) is 5.73 Å². The zero-order valence-corrected chi connectivity index (χ0v) is 5.77. The van der Waals surface area contributed by atoms with Gasteiger partial charge in [-0.15, -0.1) is 0 Å². The van der Waals surface area contributed by atoms with Crippen molar-refractivity contribution in [2.24, 2.45) is 5.73 Å². The van der Waals surface area contributed by atoms with E-state index in [1.165, 1.54) is 0 Å². The minimum absolute atomic E-state index is 0.675. The molecule has 0 saturated heterocycles. The summed E-state index contributed by atoms with van der Waals surface area (Å²) < 4.78 is 35.5. The van der Waals surface area contributed by atoms with Crippen LogP contribution in [-0.4, -0.2) is 22.8 Å². The number of carbonyl (C=O) groups is 1. The Balaban J connectivity index is 4.75. The highest BCUT2D eigenvalue weighted by molar-refractivity contribution is 5.79. The summed E-state index contributed by atoms with van der Waals surface area (Å²) in [5.41, 5.74) is 1.49. The van der Waals surface area contributed by atoms with Crippen LogP contribution in [-0.2, 0) is 4.79 Å². The Hall–Kier alpha value is -0.780. The number of halogens is 3.